The van der Waals surface area contributed by atoms with Gasteiger partial charge in [-0.3, -0.25) is 14.6 Å². The summed E-state index contributed by atoms with van der Waals surface area (Å²) in [5, 5.41) is 10.6. The normalized spacial score (nSPS) is 16.7. The second-order valence-electron chi connectivity index (χ2n) is 6.32. The average molecular weight is 439 g/mol. The van der Waals surface area contributed by atoms with Crippen molar-refractivity contribution >= 4 is 27.6 Å². The summed E-state index contributed by atoms with van der Waals surface area (Å²) in [4.78, 5) is 31.4. The molecule has 0 saturated heterocycles. The van der Waals surface area contributed by atoms with Crippen LogP contribution in [0, 0.1) is 0 Å². The molecule has 4 rings (SSSR count). The first-order chi connectivity index (χ1) is 13.6. The van der Waals surface area contributed by atoms with Gasteiger partial charge in [-0.25, -0.2) is 0 Å². The minimum Gasteiger partial charge on any atom is -0.503 e. The van der Waals surface area contributed by atoms with Crippen molar-refractivity contribution in [3.05, 3.63) is 99.9 Å². The number of rotatable bonds is 5. The minimum absolute atomic E-state index is 0.00571. The molecular weight excluding hydrogens is 424 g/mol. The van der Waals surface area contributed by atoms with E-state index in [1.165, 1.54) is 17.2 Å². The fourth-order valence-electron chi connectivity index (χ4n) is 3.27. The Labute approximate surface area is 169 Å². The number of aliphatic hydroxyl groups is 1. The predicted octanol–water partition coefficient (Wildman–Crippen LogP) is 4.22. The van der Waals surface area contributed by atoms with Crippen LogP contribution in [-0.4, -0.2) is 26.7 Å². The Hall–Kier alpha value is -3.19. The molecule has 7 heteroatoms. The van der Waals surface area contributed by atoms with Gasteiger partial charge in [0, 0.05) is 23.4 Å². The number of halogens is 1. The van der Waals surface area contributed by atoms with Gasteiger partial charge in [-0.2, -0.15) is 0 Å². The van der Waals surface area contributed by atoms with Crippen molar-refractivity contribution in [1.29, 1.82) is 0 Å². The van der Waals surface area contributed by atoms with Crippen molar-refractivity contribution in [2.75, 3.05) is 0 Å². The van der Waals surface area contributed by atoms with Gasteiger partial charge in [0.15, 0.2) is 11.5 Å². The minimum atomic E-state index is -0.738. The summed E-state index contributed by atoms with van der Waals surface area (Å²) in [5.74, 6) is -1.61. The lowest BCUT2D eigenvalue weighted by molar-refractivity contribution is -0.130. The first-order valence-electron chi connectivity index (χ1n) is 8.53. The van der Waals surface area contributed by atoms with Gasteiger partial charge in [-0.1, -0.05) is 34.1 Å². The van der Waals surface area contributed by atoms with Gasteiger partial charge < -0.3 is 14.4 Å². The lowest BCUT2D eigenvalue weighted by Gasteiger charge is -2.26. The zero-order valence-corrected chi connectivity index (χ0v) is 16.2. The molecule has 3 heterocycles. The summed E-state index contributed by atoms with van der Waals surface area (Å²) in [6.45, 7) is 0.201. The van der Waals surface area contributed by atoms with E-state index in [9.17, 15) is 14.7 Å². The molecule has 140 valence electrons. The molecule has 1 N–H and O–H groups in total. The van der Waals surface area contributed by atoms with Gasteiger partial charge in [0.25, 0.3) is 5.91 Å². The van der Waals surface area contributed by atoms with Crippen LogP contribution in [0.25, 0.3) is 0 Å². The molecule has 0 unspecified atom stereocenters. The van der Waals surface area contributed by atoms with Crippen LogP contribution in [0.15, 0.2) is 87.4 Å². The Balaban J connectivity index is 1.79. The van der Waals surface area contributed by atoms with Gasteiger partial charge in [0.05, 0.1) is 17.9 Å². The van der Waals surface area contributed by atoms with Gasteiger partial charge in [0.1, 0.15) is 0 Å². The third-order valence-electron chi connectivity index (χ3n) is 4.55. The second kappa shape index (κ2) is 7.44. The summed E-state index contributed by atoms with van der Waals surface area (Å²) < 4.78 is 6.07. The number of aromatic nitrogens is 1. The number of pyridine rings is 1. The van der Waals surface area contributed by atoms with Crippen LogP contribution >= 0.6 is 15.9 Å². The molecule has 1 atom stereocenters. The lowest BCUT2D eigenvalue weighted by Crippen LogP contribution is -2.30. The number of aliphatic hydroxyl groups excluding tert-OH is 1. The number of hydrogen-bond acceptors (Lipinski definition) is 5. The third kappa shape index (κ3) is 3.25. The molecular formula is C21H15BrN2O4. The van der Waals surface area contributed by atoms with Gasteiger partial charge in [0.2, 0.25) is 5.78 Å². The van der Waals surface area contributed by atoms with Crippen molar-refractivity contribution in [2.45, 2.75) is 12.6 Å². The molecule has 2 aromatic heterocycles. The molecule has 1 aliphatic rings. The highest BCUT2D eigenvalue weighted by molar-refractivity contribution is 9.10. The van der Waals surface area contributed by atoms with Crippen LogP contribution in [0.3, 0.4) is 0 Å². The molecule has 28 heavy (non-hydrogen) atoms. The van der Waals surface area contributed by atoms with Gasteiger partial charge in [-0.05, 0) is 41.5 Å². The van der Waals surface area contributed by atoms with Crippen LogP contribution in [0.2, 0.25) is 0 Å². The fourth-order valence-corrected chi connectivity index (χ4v) is 3.53. The topological polar surface area (TPSA) is 83.6 Å². The van der Waals surface area contributed by atoms with E-state index >= 15 is 0 Å². The lowest BCUT2D eigenvalue weighted by atomic mass is 9.95. The largest absolute Gasteiger partial charge is 0.503 e. The van der Waals surface area contributed by atoms with E-state index in [4.69, 9.17) is 4.42 Å². The van der Waals surface area contributed by atoms with Crippen LogP contribution in [0.4, 0.5) is 0 Å². The predicted molar refractivity (Wildman–Crippen MR) is 104 cm³/mol. The first kappa shape index (κ1) is 18.2. The molecule has 3 aromatic rings. The van der Waals surface area contributed by atoms with Crippen LogP contribution < -0.4 is 0 Å². The molecule has 0 aliphatic carbocycles. The quantitative estimate of drug-likeness (QED) is 0.602. The summed E-state index contributed by atoms with van der Waals surface area (Å²) in [6.07, 6.45) is 4.67. The highest BCUT2D eigenvalue weighted by atomic mass is 79.9. The maximum atomic E-state index is 13.0. The van der Waals surface area contributed by atoms with E-state index < -0.39 is 23.5 Å². The van der Waals surface area contributed by atoms with E-state index in [1.807, 2.05) is 30.3 Å². The maximum Gasteiger partial charge on any atom is 0.290 e. The molecule has 0 radical (unpaired) electrons. The van der Waals surface area contributed by atoms with Gasteiger partial charge in [-0.15, -0.1) is 0 Å². The summed E-state index contributed by atoms with van der Waals surface area (Å²) >= 11 is 3.39. The smallest absolute Gasteiger partial charge is 0.290 e. The highest BCUT2D eigenvalue weighted by Crippen LogP contribution is 2.40. The Morgan fingerprint density at radius 2 is 1.96 bits per heavy atom. The van der Waals surface area contributed by atoms with Crippen molar-refractivity contribution in [3.63, 3.8) is 0 Å². The van der Waals surface area contributed by atoms with E-state index in [2.05, 4.69) is 20.9 Å². The van der Waals surface area contributed by atoms with Crippen molar-refractivity contribution in [3.8, 4) is 0 Å². The zero-order chi connectivity index (χ0) is 19.7. The summed E-state index contributed by atoms with van der Waals surface area (Å²) in [7, 11) is 0. The third-order valence-corrected chi connectivity index (χ3v) is 5.08. The maximum absolute atomic E-state index is 13.0. The molecule has 0 spiro atoms. The molecule has 0 fully saturated rings. The van der Waals surface area contributed by atoms with Crippen molar-refractivity contribution < 1.29 is 19.1 Å². The molecule has 1 amide bonds. The first-order valence-corrected chi connectivity index (χ1v) is 9.32. The fraction of sp³-hybridized carbons (Fsp3) is 0.0952. The second-order valence-corrected chi connectivity index (χ2v) is 7.23. The molecule has 0 saturated carbocycles. The molecule has 1 aromatic carbocycles. The van der Waals surface area contributed by atoms with E-state index in [0.717, 1.165) is 10.0 Å². The number of amides is 1. The van der Waals surface area contributed by atoms with Crippen molar-refractivity contribution in [2.24, 2.45) is 0 Å². The Bertz CT molecular complexity index is 1040. The summed E-state index contributed by atoms with van der Waals surface area (Å²) in [6, 6.07) is 13.2. The number of ketones is 1. The van der Waals surface area contributed by atoms with E-state index in [0.29, 0.717) is 5.56 Å². The van der Waals surface area contributed by atoms with E-state index in [-0.39, 0.29) is 17.9 Å². The summed E-state index contributed by atoms with van der Waals surface area (Å²) in [5.41, 5.74) is 1.50. The monoisotopic (exact) mass is 438 g/mol. The number of Topliss-reactive ketones (excluding diaryl/α,β-unsaturated/α-hetero) is 1. The zero-order valence-electron chi connectivity index (χ0n) is 14.6. The van der Waals surface area contributed by atoms with Crippen LogP contribution in [-0.2, 0) is 11.3 Å². The number of carbonyl (C=O) groups excluding carboxylic acids is 2. The van der Waals surface area contributed by atoms with Gasteiger partial charge >= 0.3 is 0 Å². The molecule has 0 bridgehead atoms. The van der Waals surface area contributed by atoms with Crippen LogP contribution in [0.1, 0.15) is 27.7 Å². The van der Waals surface area contributed by atoms with Crippen molar-refractivity contribution in [1.82, 2.24) is 9.88 Å². The Morgan fingerprint density at radius 1 is 1.18 bits per heavy atom. The highest BCUT2D eigenvalue weighted by Gasteiger charge is 2.44. The number of nitrogens with zero attached hydrogens (tertiary/aromatic N) is 2. The van der Waals surface area contributed by atoms with Crippen LogP contribution in [0.5, 0.6) is 0 Å². The number of hydrogen-bond donors (Lipinski definition) is 1. The molecule has 6 nitrogen and oxygen atoms in total. The Kier molecular flexibility index (Phi) is 4.83. The number of benzene rings is 1. The van der Waals surface area contributed by atoms with E-state index in [1.54, 1.807) is 24.5 Å². The average Bonchev–Trinajstić information content (AvgIpc) is 3.33. The Morgan fingerprint density at radius 3 is 2.61 bits per heavy atom. The standard InChI is InChI=1S/C21H15BrN2O4/c22-15-7-5-14(6-8-15)18-17(19(25)16-4-2-10-28-16)20(26)21(27)24(18)12-13-3-1-9-23-11-13/h1-11,18,26H,12H2/t18-/m0/s1. The number of carbonyl (C=O) groups is 2. The number of furan rings is 1. The SMILES string of the molecule is O=C(C1=C(O)C(=O)N(Cc2cccnc2)[C@H]1c1ccc(Br)cc1)c1ccco1. The molecule has 1 aliphatic heterocycles.